The monoisotopic (exact) mass is 1480 g/mol. The van der Waals surface area contributed by atoms with Crippen LogP contribution < -0.4 is 16.9 Å². The maximum absolute atomic E-state index is 12.9. The van der Waals surface area contributed by atoms with Crippen LogP contribution in [-0.4, -0.2) is 88.9 Å². The van der Waals surface area contributed by atoms with E-state index >= 15 is 0 Å². The second kappa shape index (κ2) is 30.7. The number of anilines is 1. The molecule has 5 heterocycles. The van der Waals surface area contributed by atoms with Gasteiger partial charge >= 0.3 is 42.8 Å². The predicted octanol–water partition coefficient (Wildman–Crippen LogP) is 13.9. The van der Waals surface area contributed by atoms with Crippen molar-refractivity contribution < 1.29 is 100 Å². The molecule has 5 aromatic heterocycles. The van der Waals surface area contributed by atoms with E-state index in [2.05, 4.69) is 29.7 Å². The number of methoxy groups -OCH3 is 1. The number of benzene rings is 5. The Bertz CT molecular complexity index is 4170. The molecule has 10 rings (SSSR count). The third kappa shape index (κ3) is 21.0. The maximum atomic E-state index is 12.9. The molecule has 0 bridgehead atoms. The summed E-state index contributed by atoms with van der Waals surface area (Å²) in [6.45, 7) is 8.55. The normalized spacial score (nSPS) is 11.4. The van der Waals surface area contributed by atoms with Crippen molar-refractivity contribution in [2.24, 2.45) is 5.73 Å². The third-order valence-corrected chi connectivity index (χ3v) is 12.6. The quantitative estimate of drug-likeness (QED) is 0.0225. The molecule has 5 aromatic carbocycles. The number of aromatic carboxylic acids is 1. The first-order chi connectivity index (χ1) is 44.0. The Balaban J connectivity index is 0.000000217. The van der Waals surface area contributed by atoms with Crippen molar-refractivity contribution in [3.05, 3.63) is 232 Å². The summed E-state index contributed by atoms with van der Waals surface area (Å²) in [7, 11) is 1.11. The minimum Gasteiger partial charge on any atom is -0.478 e. The van der Waals surface area contributed by atoms with Gasteiger partial charge in [-0.15, -0.1) is 24.0 Å². The van der Waals surface area contributed by atoms with Crippen LogP contribution in [0.15, 0.2) is 154 Å². The van der Waals surface area contributed by atoms with Crippen LogP contribution in [0.4, 0.5) is 71.5 Å². The number of nitrogen functional groups attached to an aromatic ring is 1. The minimum atomic E-state index is -4.60. The molecule has 0 aliphatic rings. The molecule has 36 heteroatoms. The minimum absolute atomic E-state index is 0. The fourth-order valence-corrected chi connectivity index (χ4v) is 8.15. The van der Waals surface area contributed by atoms with Gasteiger partial charge in [-0.1, -0.05) is 0 Å². The van der Waals surface area contributed by atoms with Gasteiger partial charge in [0.2, 0.25) is 5.91 Å². The van der Waals surface area contributed by atoms with Crippen molar-refractivity contribution in [3.63, 3.8) is 0 Å². The lowest BCUT2D eigenvalue weighted by Crippen LogP contribution is -2.20. The fraction of sp³-hybridized carbons (Fsp3) is 0.183. The lowest BCUT2D eigenvalue weighted by Gasteiger charge is -2.11. The van der Waals surface area contributed by atoms with Crippen molar-refractivity contribution in [1.29, 1.82) is 0 Å². The second-order valence-electron chi connectivity index (χ2n) is 20.1. The van der Waals surface area contributed by atoms with Crippen molar-refractivity contribution >= 4 is 53.4 Å². The van der Waals surface area contributed by atoms with Crippen LogP contribution in [0.3, 0.4) is 0 Å². The first-order valence-electron chi connectivity index (χ1n) is 26.5. The third-order valence-electron chi connectivity index (χ3n) is 12.6. The maximum Gasteiger partial charge on any atom is 0.416 e. The summed E-state index contributed by atoms with van der Waals surface area (Å²) in [6.07, 6.45) is -8.04. The molecular weight excluding hydrogens is 1430 g/mol. The molecule has 0 aliphatic heterocycles. The van der Waals surface area contributed by atoms with Crippen molar-refractivity contribution in [3.8, 4) is 28.4 Å². The Labute approximate surface area is 549 Å². The van der Waals surface area contributed by atoms with E-state index in [9.17, 15) is 85.0 Å². The van der Waals surface area contributed by atoms with Crippen molar-refractivity contribution in [2.75, 3.05) is 12.8 Å². The Morgan fingerprint density at radius 3 is 0.917 bits per heavy atom. The molecule has 0 unspecified atom stereocenters. The van der Waals surface area contributed by atoms with Crippen molar-refractivity contribution in [1.82, 2.24) is 53.2 Å². The van der Waals surface area contributed by atoms with Gasteiger partial charge in [-0.3, -0.25) is 14.8 Å². The summed E-state index contributed by atoms with van der Waals surface area (Å²) in [5.74, 6) is -4.17. The zero-order valence-corrected chi connectivity index (χ0v) is 52.4. The second-order valence-corrected chi connectivity index (χ2v) is 20.1. The number of ether oxygens (including phenoxy) is 1. The zero-order chi connectivity index (χ0) is 70.9. The number of rotatable bonds is 9. The summed E-state index contributed by atoms with van der Waals surface area (Å²) in [5, 5.41) is 17.4. The highest BCUT2D eigenvalue weighted by molar-refractivity contribution is 14.0. The van der Waals surface area contributed by atoms with Crippen LogP contribution in [0.1, 0.15) is 97.7 Å². The number of nitrogens with two attached hydrogens (primary N) is 2. The topological polar surface area (TPSA) is 271 Å². The molecule has 0 atom stereocenters. The first-order valence-corrected chi connectivity index (χ1v) is 26.5. The van der Waals surface area contributed by atoms with Gasteiger partial charge in [0.1, 0.15) is 0 Å². The predicted molar refractivity (Wildman–Crippen MR) is 322 cm³/mol. The molecule has 20 nitrogen and oxygen atoms in total. The Hall–Kier alpha value is -10.5. The average Bonchev–Trinajstić information content (AvgIpc) is 1.38. The number of hydroxylamine groups is 1. The van der Waals surface area contributed by atoms with E-state index in [0.717, 1.165) is 61.3 Å². The van der Waals surface area contributed by atoms with E-state index in [1.807, 2.05) is 0 Å². The number of aryl methyl sites for hydroxylation is 5. The molecule has 10 aromatic rings. The Morgan fingerprint density at radius 2 is 0.656 bits per heavy atom. The molecule has 510 valence electrons. The van der Waals surface area contributed by atoms with Gasteiger partial charge in [0.15, 0.2) is 0 Å². The molecule has 0 spiro atoms. The number of primary amides is 1. The number of halogens is 16. The summed E-state index contributed by atoms with van der Waals surface area (Å²) >= 11 is 0. The van der Waals surface area contributed by atoms with Crippen LogP contribution in [-0.2, 0) is 35.6 Å². The van der Waals surface area contributed by atoms with Crippen LogP contribution in [0.25, 0.3) is 28.4 Å². The Kier molecular flexibility index (Phi) is 24.4. The number of alkyl halides is 15. The molecular formula is C60H51F15IN13O7. The molecule has 0 saturated carbocycles. The number of hydrogen-bond acceptors (Lipinski definition) is 12. The molecule has 0 fully saturated rings. The van der Waals surface area contributed by atoms with E-state index in [0.29, 0.717) is 40.6 Å². The number of hydrogen-bond donors (Lipinski definition) is 5. The first kappa shape index (κ1) is 76.2. The van der Waals surface area contributed by atoms with E-state index in [1.54, 1.807) is 53.2 Å². The number of carboxylic acids is 1. The van der Waals surface area contributed by atoms with Gasteiger partial charge in [-0.05, 0) is 126 Å². The summed E-state index contributed by atoms with van der Waals surface area (Å²) in [5.41, 5.74) is 10.4. The SMILES string of the molecule is COC(=O)c1cc(-n2cnc(C)c2)cc(C(F)(F)F)c1.Cc1cn(-c2cc(C(=O)NO)cc(C(F)(F)F)c2)cn1.Cc1cn(-c2cc(C(=O)O)cc(C(F)(F)F)c2)cn1.Cc1cn(-c2cc(C(N)=O)cc(C(F)(F)F)c2)cn1.Cc1cn(-c2cc(N)cc(C(F)(F)F)c2)cn1.I. The lowest BCUT2D eigenvalue weighted by molar-refractivity contribution is -0.138. The van der Waals surface area contributed by atoms with Crippen LogP contribution in [0.5, 0.6) is 0 Å². The number of aromatic nitrogens is 10. The van der Waals surface area contributed by atoms with Gasteiger partial charge in [0, 0.05) is 76.2 Å². The van der Waals surface area contributed by atoms with Crippen molar-refractivity contribution in [2.45, 2.75) is 65.5 Å². The summed E-state index contributed by atoms with van der Waals surface area (Å²) in [4.78, 5) is 64.4. The number of carbonyl (C=O) groups is 4. The van der Waals surface area contributed by atoms with E-state index < -0.39 is 88.0 Å². The number of esters is 1. The summed E-state index contributed by atoms with van der Waals surface area (Å²) < 4.78 is 203. The van der Waals surface area contributed by atoms with Gasteiger partial charge in [-0.2, -0.15) is 65.9 Å². The number of nitrogens with one attached hydrogen (secondary N) is 1. The van der Waals surface area contributed by atoms with Crippen LogP contribution in [0, 0.1) is 34.6 Å². The number of carboxylic acid groups (broad SMARTS) is 1. The highest BCUT2D eigenvalue weighted by Crippen LogP contribution is 2.36. The van der Waals surface area contributed by atoms with Gasteiger partial charge in [0.25, 0.3) is 5.91 Å². The fourth-order valence-electron chi connectivity index (χ4n) is 8.15. The van der Waals surface area contributed by atoms with E-state index in [1.165, 1.54) is 103 Å². The smallest absolute Gasteiger partial charge is 0.416 e. The molecule has 2 amide bonds. The number of carbonyl (C=O) groups excluding carboxylic acids is 3. The molecule has 0 aliphatic carbocycles. The van der Waals surface area contributed by atoms with Gasteiger partial charge < -0.3 is 44.1 Å². The standard InChI is InChI=1S/C13H11F3N2O2.C12H10F3N3O2.C12H10F3N3O.C12H9F3N2O2.C11H10F3N3.HI/c1-8-6-18(7-17-8)11-4-9(12(19)20-2)3-10(5-11)13(14,15)16;1-7-5-18(6-16-7)10-3-8(11(19)17-20)2-9(4-10)12(13,14)15;1-7-5-18(6-17-7)10-3-8(11(16)19)2-9(4-10)12(13,14)15;1-7-5-17(6-16-7)10-3-8(11(18)19)2-9(4-10)12(13,14)15;1-7-5-17(6-16-7)10-3-8(11(12,13)14)2-9(15)4-10;/h3-7H,1-2H3;2-6,20H,1H3,(H,17,19);2-6H,1H3,(H2,16,19);2-6H,1H3,(H,18,19);2-6H,15H2,1H3;1H. The highest BCUT2D eigenvalue weighted by Gasteiger charge is 2.36. The molecule has 0 radical (unpaired) electrons. The number of imidazole rings is 5. The van der Waals surface area contributed by atoms with Crippen LogP contribution in [0.2, 0.25) is 0 Å². The highest BCUT2D eigenvalue weighted by atomic mass is 127. The number of nitrogens with zero attached hydrogens (tertiary/aromatic N) is 10. The van der Waals surface area contributed by atoms with E-state index in [4.69, 9.17) is 21.8 Å². The largest absolute Gasteiger partial charge is 0.478 e. The molecule has 7 N–H and O–H groups in total. The van der Waals surface area contributed by atoms with E-state index in [-0.39, 0.29) is 69.1 Å². The van der Waals surface area contributed by atoms with Gasteiger partial charge in [-0.25, -0.2) is 40.0 Å². The Morgan fingerprint density at radius 1 is 0.406 bits per heavy atom. The lowest BCUT2D eigenvalue weighted by atomic mass is 10.1. The van der Waals surface area contributed by atoms with Gasteiger partial charge in [0.05, 0.1) is 106 Å². The summed E-state index contributed by atoms with van der Waals surface area (Å²) in [6, 6.07) is 14.9. The molecule has 96 heavy (non-hydrogen) atoms. The molecule has 0 saturated heterocycles. The average molecular weight is 1480 g/mol. The van der Waals surface area contributed by atoms with Crippen LogP contribution >= 0.6 is 24.0 Å². The zero-order valence-electron chi connectivity index (χ0n) is 50.1. The number of amides is 2.